The number of hydrogen-bond donors (Lipinski definition) is 0. The first-order valence-electron chi connectivity index (χ1n) is 9.31. The first-order valence-corrected chi connectivity index (χ1v) is 9.69. The van der Waals surface area contributed by atoms with Crippen LogP contribution >= 0.6 is 11.6 Å². The Labute approximate surface area is 168 Å². The predicted octanol–water partition coefficient (Wildman–Crippen LogP) is 2.64. The molecule has 0 spiro atoms. The van der Waals surface area contributed by atoms with Crippen LogP contribution in [-0.4, -0.2) is 61.0 Å². The summed E-state index contributed by atoms with van der Waals surface area (Å²) in [6.07, 6.45) is 0.840. The summed E-state index contributed by atoms with van der Waals surface area (Å²) in [5.74, 6) is 1.38. The largest absolute Gasteiger partial charge is 0.493 e. The van der Waals surface area contributed by atoms with Crippen molar-refractivity contribution in [1.82, 2.24) is 9.80 Å². The average molecular weight is 401 g/mol. The van der Waals surface area contributed by atoms with Gasteiger partial charge in [-0.05, 0) is 48.0 Å². The second-order valence-electron chi connectivity index (χ2n) is 6.84. The average Bonchev–Trinajstić information content (AvgIpc) is 3.20. The van der Waals surface area contributed by atoms with Crippen molar-refractivity contribution in [3.63, 3.8) is 0 Å². The van der Waals surface area contributed by atoms with E-state index in [0.717, 1.165) is 17.7 Å². The van der Waals surface area contributed by atoms with Gasteiger partial charge in [-0.3, -0.25) is 9.59 Å². The van der Waals surface area contributed by atoms with Gasteiger partial charge in [-0.2, -0.15) is 0 Å². The van der Waals surface area contributed by atoms with Crippen LogP contribution in [0, 0.1) is 0 Å². The summed E-state index contributed by atoms with van der Waals surface area (Å²) in [6, 6.07) is 12.5. The minimum absolute atomic E-state index is 0.000728. The highest BCUT2D eigenvalue weighted by Crippen LogP contribution is 2.26. The van der Waals surface area contributed by atoms with Gasteiger partial charge in [0.05, 0.1) is 6.61 Å². The molecule has 2 aliphatic heterocycles. The van der Waals surface area contributed by atoms with Gasteiger partial charge in [-0.15, -0.1) is 0 Å². The molecule has 0 N–H and O–H groups in total. The molecule has 2 aliphatic rings. The number of benzene rings is 2. The molecule has 0 saturated carbocycles. The standard InChI is InChI=1S/C21H21ClN2O4/c22-17-2-4-18(5-3-17)28-14-20(25)23-8-10-24(11-9-23)21(26)16-1-6-19-15(13-16)7-12-27-19/h1-6,13H,7-12,14H2. The molecule has 0 radical (unpaired) electrons. The molecule has 0 bridgehead atoms. The Kier molecular flexibility index (Phi) is 5.39. The van der Waals surface area contributed by atoms with Gasteiger partial charge < -0.3 is 19.3 Å². The van der Waals surface area contributed by atoms with Gasteiger partial charge in [-0.1, -0.05) is 11.6 Å². The number of ether oxygens (including phenoxy) is 2. The summed E-state index contributed by atoms with van der Waals surface area (Å²) in [5, 5.41) is 0.621. The van der Waals surface area contributed by atoms with Crippen LogP contribution in [0.5, 0.6) is 11.5 Å². The van der Waals surface area contributed by atoms with Crippen LogP contribution in [0.1, 0.15) is 15.9 Å². The number of halogens is 1. The first kappa shape index (κ1) is 18.6. The Morgan fingerprint density at radius 3 is 2.46 bits per heavy atom. The molecule has 28 heavy (non-hydrogen) atoms. The topological polar surface area (TPSA) is 59.1 Å². The monoisotopic (exact) mass is 400 g/mol. The molecule has 2 amide bonds. The number of amides is 2. The predicted molar refractivity (Wildman–Crippen MR) is 105 cm³/mol. The van der Waals surface area contributed by atoms with Crippen LogP contribution in [0.2, 0.25) is 5.02 Å². The smallest absolute Gasteiger partial charge is 0.260 e. The minimum atomic E-state index is -0.0864. The van der Waals surface area contributed by atoms with E-state index in [2.05, 4.69) is 0 Å². The van der Waals surface area contributed by atoms with Gasteiger partial charge in [0.15, 0.2) is 6.61 Å². The molecule has 6 nitrogen and oxygen atoms in total. The van der Waals surface area contributed by atoms with E-state index in [9.17, 15) is 9.59 Å². The second kappa shape index (κ2) is 8.10. The third-order valence-corrected chi connectivity index (χ3v) is 5.28. The molecular formula is C21H21ClN2O4. The molecule has 0 unspecified atom stereocenters. The van der Waals surface area contributed by atoms with Gasteiger partial charge in [0.2, 0.25) is 0 Å². The van der Waals surface area contributed by atoms with E-state index in [1.54, 1.807) is 34.1 Å². The summed E-state index contributed by atoms with van der Waals surface area (Å²) >= 11 is 5.84. The van der Waals surface area contributed by atoms with Crippen molar-refractivity contribution in [2.24, 2.45) is 0 Å². The summed E-state index contributed by atoms with van der Waals surface area (Å²) in [4.78, 5) is 28.7. The van der Waals surface area contributed by atoms with Crippen LogP contribution in [0.25, 0.3) is 0 Å². The number of carbonyl (C=O) groups is 2. The van der Waals surface area contributed by atoms with E-state index in [4.69, 9.17) is 21.1 Å². The Balaban J connectivity index is 1.28. The first-order chi connectivity index (χ1) is 13.6. The van der Waals surface area contributed by atoms with Crippen molar-refractivity contribution in [2.45, 2.75) is 6.42 Å². The molecule has 1 fully saturated rings. The molecule has 2 aromatic rings. The van der Waals surface area contributed by atoms with Crippen molar-refractivity contribution >= 4 is 23.4 Å². The lowest BCUT2D eigenvalue weighted by Crippen LogP contribution is -2.51. The Hall–Kier alpha value is -2.73. The van der Waals surface area contributed by atoms with Gasteiger partial charge >= 0.3 is 0 Å². The van der Waals surface area contributed by atoms with Gasteiger partial charge in [0, 0.05) is 43.2 Å². The fourth-order valence-corrected chi connectivity index (χ4v) is 3.55. The molecule has 2 heterocycles. The highest BCUT2D eigenvalue weighted by molar-refractivity contribution is 6.30. The zero-order chi connectivity index (χ0) is 19.5. The van der Waals surface area contributed by atoms with E-state index in [1.165, 1.54) is 0 Å². The Bertz CT molecular complexity index is 876. The van der Waals surface area contributed by atoms with Crippen molar-refractivity contribution in [1.29, 1.82) is 0 Å². The molecule has 146 valence electrons. The minimum Gasteiger partial charge on any atom is -0.493 e. The maximum Gasteiger partial charge on any atom is 0.260 e. The number of nitrogens with zero attached hydrogens (tertiary/aromatic N) is 2. The van der Waals surface area contributed by atoms with Crippen LogP contribution in [0.3, 0.4) is 0 Å². The molecule has 4 rings (SSSR count). The van der Waals surface area contributed by atoms with Gasteiger partial charge in [0.1, 0.15) is 11.5 Å². The van der Waals surface area contributed by atoms with Crippen molar-refractivity contribution in [2.75, 3.05) is 39.4 Å². The van der Waals surface area contributed by atoms with Crippen LogP contribution in [0.4, 0.5) is 0 Å². The lowest BCUT2D eigenvalue weighted by molar-refractivity contribution is -0.134. The zero-order valence-corrected chi connectivity index (χ0v) is 16.2. The van der Waals surface area contributed by atoms with E-state index in [-0.39, 0.29) is 18.4 Å². The second-order valence-corrected chi connectivity index (χ2v) is 7.27. The maximum absolute atomic E-state index is 12.8. The summed E-state index contributed by atoms with van der Waals surface area (Å²) in [7, 11) is 0. The highest BCUT2D eigenvalue weighted by Gasteiger charge is 2.26. The fourth-order valence-electron chi connectivity index (χ4n) is 3.43. The Morgan fingerprint density at radius 2 is 1.71 bits per heavy atom. The van der Waals surface area contributed by atoms with Crippen LogP contribution < -0.4 is 9.47 Å². The van der Waals surface area contributed by atoms with Gasteiger partial charge in [-0.25, -0.2) is 0 Å². The SMILES string of the molecule is O=C(COc1ccc(Cl)cc1)N1CCN(C(=O)c2ccc3c(c2)CCO3)CC1. The third kappa shape index (κ3) is 4.07. The zero-order valence-electron chi connectivity index (χ0n) is 15.4. The number of fused-ring (bicyclic) bond motifs is 1. The summed E-state index contributed by atoms with van der Waals surface area (Å²) in [6.45, 7) is 2.68. The van der Waals surface area contributed by atoms with Crippen molar-refractivity contribution in [3.8, 4) is 11.5 Å². The molecule has 7 heteroatoms. The number of carbonyl (C=O) groups excluding carboxylic acids is 2. The molecule has 0 aliphatic carbocycles. The van der Waals surface area contributed by atoms with E-state index < -0.39 is 0 Å². The highest BCUT2D eigenvalue weighted by atomic mass is 35.5. The quantitative estimate of drug-likeness (QED) is 0.791. The van der Waals surface area contributed by atoms with E-state index in [0.29, 0.717) is 49.1 Å². The summed E-state index contributed by atoms with van der Waals surface area (Å²) < 4.78 is 11.0. The normalized spacial score (nSPS) is 15.8. The van der Waals surface area contributed by atoms with Crippen LogP contribution in [-0.2, 0) is 11.2 Å². The lowest BCUT2D eigenvalue weighted by Gasteiger charge is -2.34. The molecule has 0 atom stereocenters. The molecular weight excluding hydrogens is 380 g/mol. The molecule has 1 saturated heterocycles. The third-order valence-electron chi connectivity index (χ3n) is 5.03. The van der Waals surface area contributed by atoms with Crippen molar-refractivity contribution in [3.05, 3.63) is 58.6 Å². The molecule has 2 aromatic carbocycles. The number of piperazine rings is 1. The molecule has 0 aromatic heterocycles. The van der Waals surface area contributed by atoms with E-state index in [1.807, 2.05) is 18.2 Å². The summed E-state index contributed by atoms with van der Waals surface area (Å²) in [5.41, 5.74) is 1.76. The number of hydrogen-bond acceptors (Lipinski definition) is 4. The van der Waals surface area contributed by atoms with Gasteiger partial charge in [0.25, 0.3) is 11.8 Å². The van der Waals surface area contributed by atoms with Crippen molar-refractivity contribution < 1.29 is 19.1 Å². The lowest BCUT2D eigenvalue weighted by atomic mass is 10.1. The fraction of sp³-hybridized carbons (Fsp3) is 0.333. The Morgan fingerprint density at radius 1 is 1.00 bits per heavy atom. The van der Waals surface area contributed by atoms with E-state index >= 15 is 0 Å². The number of rotatable bonds is 4. The van der Waals surface area contributed by atoms with Crippen LogP contribution in [0.15, 0.2) is 42.5 Å². The maximum atomic E-state index is 12.8.